The van der Waals surface area contributed by atoms with Crippen molar-refractivity contribution in [2.75, 3.05) is 33.9 Å². The average Bonchev–Trinajstić information content (AvgIpc) is 2.45. The Labute approximate surface area is 113 Å². The standard InChI is InChI=1S/C14H19NO4/c1-4-7-15(8-9-16)14(17)11-5-6-12(18-2)13(10-11)19-3/h4-6,10,16H,1,7-9H2,2-3H3. The molecule has 0 atom stereocenters. The summed E-state index contributed by atoms with van der Waals surface area (Å²) in [5, 5.41) is 8.97. The number of rotatable bonds is 7. The summed E-state index contributed by atoms with van der Waals surface area (Å²) >= 11 is 0. The first-order chi connectivity index (χ1) is 9.17. The van der Waals surface area contributed by atoms with Gasteiger partial charge in [-0.1, -0.05) is 6.08 Å². The zero-order valence-electron chi connectivity index (χ0n) is 11.3. The molecule has 0 aliphatic carbocycles. The van der Waals surface area contributed by atoms with E-state index in [0.29, 0.717) is 23.6 Å². The van der Waals surface area contributed by atoms with Crippen molar-refractivity contribution in [3.05, 3.63) is 36.4 Å². The van der Waals surface area contributed by atoms with Crippen LogP contribution in [0, 0.1) is 0 Å². The summed E-state index contributed by atoms with van der Waals surface area (Å²) in [5.41, 5.74) is 0.480. The van der Waals surface area contributed by atoms with Crippen molar-refractivity contribution in [3.8, 4) is 11.5 Å². The van der Waals surface area contributed by atoms with E-state index in [9.17, 15) is 4.79 Å². The van der Waals surface area contributed by atoms with Gasteiger partial charge in [0.25, 0.3) is 5.91 Å². The first-order valence-electron chi connectivity index (χ1n) is 5.91. The second-order valence-corrected chi connectivity index (χ2v) is 3.83. The van der Waals surface area contributed by atoms with Gasteiger partial charge in [0, 0.05) is 18.7 Å². The number of hydrogen-bond acceptors (Lipinski definition) is 4. The summed E-state index contributed by atoms with van der Waals surface area (Å²) < 4.78 is 10.3. The van der Waals surface area contributed by atoms with Gasteiger partial charge in [-0.15, -0.1) is 6.58 Å². The van der Waals surface area contributed by atoms with E-state index in [0.717, 1.165) is 0 Å². The Morgan fingerprint density at radius 3 is 2.58 bits per heavy atom. The van der Waals surface area contributed by atoms with E-state index in [1.54, 1.807) is 24.3 Å². The lowest BCUT2D eigenvalue weighted by Gasteiger charge is -2.20. The van der Waals surface area contributed by atoms with Crippen LogP contribution in [0.15, 0.2) is 30.9 Å². The average molecular weight is 265 g/mol. The molecular weight excluding hydrogens is 246 g/mol. The van der Waals surface area contributed by atoms with E-state index in [2.05, 4.69) is 6.58 Å². The number of hydrogen-bond donors (Lipinski definition) is 1. The van der Waals surface area contributed by atoms with Crippen LogP contribution in [0.4, 0.5) is 0 Å². The van der Waals surface area contributed by atoms with E-state index in [1.807, 2.05) is 0 Å². The highest BCUT2D eigenvalue weighted by atomic mass is 16.5. The van der Waals surface area contributed by atoms with Crippen molar-refractivity contribution in [1.29, 1.82) is 0 Å². The maximum atomic E-state index is 12.3. The normalized spacial score (nSPS) is 9.84. The number of amides is 1. The van der Waals surface area contributed by atoms with Crippen LogP contribution in [0.25, 0.3) is 0 Å². The molecule has 0 aliphatic heterocycles. The van der Waals surface area contributed by atoms with Crippen LogP contribution in [0.2, 0.25) is 0 Å². The fraction of sp³-hybridized carbons (Fsp3) is 0.357. The number of aliphatic hydroxyl groups excluding tert-OH is 1. The van der Waals surface area contributed by atoms with Crippen LogP contribution in [-0.2, 0) is 0 Å². The maximum Gasteiger partial charge on any atom is 0.254 e. The lowest BCUT2D eigenvalue weighted by molar-refractivity contribution is 0.0742. The van der Waals surface area contributed by atoms with Crippen molar-refractivity contribution in [2.24, 2.45) is 0 Å². The molecule has 0 bridgehead atoms. The summed E-state index contributed by atoms with van der Waals surface area (Å²) in [6, 6.07) is 4.96. The highest BCUT2D eigenvalue weighted by Crippen LogP contribution is 2.27. The largest absolute Gasteiger partial charge is 0.493 e. The van der Waals surface area contributed by atoms with Crippen LogP contribution < -0.4 is 9.47 Å². The Bertz CT molecular complexity index is 445. The lowest BCUT2D eigenvalue weighted by Crippen LogP contribution is -2.33. The molecule has 0 aliphatic rings. The molecule has 1 rings (SSSR count). The van der Waals surface area contributed by atoms with Crippen molar-refractivity contribution in [2.45, 2.75) is 0 Å². The molecule has 0 saturated carbocycles. The van der Waals surface area contributed by atoms with Gasteiger partial charge in [0.15, 0.2) is 11.5 Å². The number of carbonyl (C=O) groups excluding carboxylic acids is 1. The van der Waals surface area contributed by atoms with Gasteiger partial charge in [-0.05, 0) is 18.2 Å². The van der Waals surface area contributed by atoms with Gasteiger partial charge in [-0.3, -0.25) is 4.79 Å². The summed E-state index contributed by atoms with van der Waals surface area (Å²) in [4.78, 5) is 13.8. The molecule has 5 nitrogen and oxygen atoms in total. The molecule has 0 spiro atoms. The Morgan fingerprint density at radius 2 is 2.05 bits per heavy atom. The van der Waals surface area contributed by atoms with E-state index in [1.165, 1.54) is 19.1 Å². The number of methoxy groups -OCH3 is 2. The second kappa shape index (κ2) is 7.43. The van der Waals surface area contributed by atoms with E-state index in [-0.39, 0.29) is 19.1 Å². The molecule has 0 unspecified atom stereocenters. The lowest BCUT2D eigenvalue weighted by atomic mass is 10.1. The Hall–Kier alpha value is -2.01. The van der Waals surface area contributed by atoms with Crippen LogP contribution >= 0.6 is 0 Å². The monoisotopic (exact) mass is 265 g/mol. The van der Waals surface area contributed by atoms with Crippen molar-refractivity contribution >= 4 is 5.91 Å². The van der Waals surface area contributed by atoms with E-state index >= 15 is 0 Å². The molecule has 0 radical (unpaired) electrons. The van der Waals surface area contributed by atoms with Crippen molar-refractivity contribution in [1.82, 2.24) is 4.90 Å². The molecule has 1 aromatic carbocycles. The smallest absolute Gasteiger partial charge is 0.254 e. The quantitative estimate of drug-likeness (QED) is 0.755. The van der Waals surface area contributed by atoms with Crippen molar-refractivity contribution < 1.29 is 19.4 Å². The van der Waals surface area contributed by atoms with E-state index in [4.69, 9.17) is 14.6 Å². The summed E-state index contributed by atoms with van der Waals surface area (Å²) in [5.74, 6) is 0.877. The van der Waals surface area contributed by atoms with Gasteiger partial charge < -0.3 is 19.5 Å². The second-order valence-electron chi connectivity index (χ2n) is 3.83. The highest BCUT2D eigenvalue weighted by Gasteiger charge is 2.16. The van der Waals surface area contributed by atoms with Crippen LogP contribution in [-0.4, -0.2) is 49.8 Å². The molecule has 1 aromatic rings. The Kier molecular flexibility index (Phi) is 5.89. The molecule has 0 aromatic heterocycles. The highest BCUT2D eigenvalue weighted by molar-refractivity contribution is 5.95. The molecule has 0 saturated heterocycles. The molecule has 19 heavy (non-hydrogen) atoms. The number of ether oxygens (including phenoxy) is 2. The SMILES string of the molecule is C=CCN(CCO)C(=O)c1ccc(OC)c(OC)c1. The van der Waals surface area contributed by atoms with Crippen LogP contribution in [0.1, 0.15) is 10.4 Å². The van der Waals surface area contributed by atoms with Crippen LogP contribution in [0.3, 0.4) is 0 Å². The van der Waals surface area contributed by atoms with Gasteiger partial charge >= 0.3 is 0 Å². The first kappa shape index (κ1) is 15.0. The summed E-state index contributed by atoms with van der Waals surface area (Å²) in [6.45, 7) is 4.16. The molecule has 1 amide bonds. The molecule has 0 heterocycles. The zero-order valence-corrected chi connectivity index (χ0v) is 11.3. The topological polar surface area (TPSA) is 59.0 Å². The van der Waals surface area contributed by atoms with Gasteiger partial charge in [-0.25, -0.2) is 0 Å². The third kappa shape index (κ3) is 3.72. The van der Waals surface area contributed by atoms with E-state index < -0.39 is 0 Å². The maximum absolute atomic E-state index is 12.3. The minimum Gasteiger partial charge on any atom is -0.493 e. The van der Waals surface area contributed by atoms with Crippen LogP contribution in [0.5, 0.6) is 11.5 Å². The minimum atomic E-state index is -0.185. The number of nitrogens with zero attached hydrogens (tertiary/aromatic N) is 1. The molecule has 0 fully saturated rings. The first-order valence-corrected chi connectivity index (χ1v) is 5.91. The third-order valence-corrected chi connectivity index (χ3v) is 2.64. The Balaban J connectivity index is 3.00. The summed E-state index contributed by atoms with van der Waals surface area (Å²) in [7, 11) is 3.05. The molecule has 104 valence electrons. The number of benzene rings is 1. The molecule has 1 N–H and O–H groups in total. The van der Waals surface area contributed by atoms with Gasteiger partial charge in [0.2, 0.25) is 0 Å². The third-order valence-electron chi connectivity index (χ3n) is 2.64. The number of carbonyl (C=O) groups is 1. The minimum absolute atomic E-state index is 0.0904. The zero-order chi connectivity index (χ0) is 14.3. The van der Waals surface area contributed by atoms with Gasteiger partial charge in [0.1, 0.15) is 0 Å². The fourth-order valence-electron chi connectivity index (χ4n) is 1.70. The molecular formula is C14H19NO4. The van der Waals surface area contributed by atoms with Gasteiger partial charge in [0.05, 0.1) is 20.8 Å². The predicted molar refractivity (Wildman–Crippen MR) is 72.7 cm³/mol. The summed E-state index contributed by atoms with van der Waals surface area (Å²) in [6.07, 6.45) is 1.62. The Morgan fingerprint density at radius 1 is 1.37 bits per heavy atom. The fourth-order valence-corrected chi connectivity index (χ4v) is 1.70. The molecule has 5 heteroatoms. The van der Waals surface area contributed by atoms with Gasteiger partial charge in [-0.2, -0.15) is 0 Å². The van der Waals surface area contributed by atoms with Crippen molar-refractivity contribution in [3.63, 3.8) is 0 Å². The predicted octanol–water partition coefficient (Wildman–Crippen LogP) is 1.32. The number of aliphatic hydroxyl groups is 1.